The molecule has 0 atom stereocenters. The summed E-state index contributed by atoms with van der Waals surface area (Å²) in [6.45, 7) is 0. The first-order chi connectivity index (χ1) is 5.97. The van der Waals surface area contributed by atoms with Gasteiger partial charge in [0.25, 0.3) is 0 Å². The molecule has 1 aromatic rings. The number of benzene rings is 1. The van der Waals surface area contributed by atoms with E-state index in [0.29, 0.717) is 0 Å². The van der Waals surface area contributed by atoms with Crippen LogP contribution in [-0.4, -0.2) is 6.29 Å². The van der Waals surface area contributed by atoms with E-state index < -0.39 is 23.6 Å². The van der Waals surface area contributed by atoms with Crippen molar-refractivity contribution in [2.45, 2.75) is 5.92 Å². The zero-order chi connectivity index (χ0) is 10.1. The quantitative estimate of drug-likeness (QED) is 0.740. The Kier molecular flexibility index (Phi) is 2.75. The molecule has 0 unspecified atom stereocenters. The normalized spacial score (nSPS) is 11.4. The fourth-order valence-corrected chi connectivity index (χ4v) is 1.44. The first-order valence-electron chi connectivity index (χ1n) is 3.27. The first kappa shape index (κ1) is 10.2. The second kappa shape index (κ2) is 3.49. The van der Waals surface area contributed by atoms with Crippen LogP contribution in [0.3, 0.4) is 0 Å². The minimum atomic E-state index is -3.58. The topological polar surface area (TPSA) is 17.1 Å². The van der Waals surface area contributed by atoms with Crippen LogP contribution in [-0.2, 0) is 10.7 Å². The van der Waals surface area contributed by atoms with Gasteiger partial charge >= 0.3 is 5.92 Å². The molecular formula is C8H4BrF3O. The van der Waals surface area contributed by atoms with Crippen LogP contribution in [0.2, 0.25) is 0 Å². The van der Waals surface area contributed by atoms with Crippen LogP contribution in [0, 0.1) is 5.82 Å². The fraction of sp³-hybridized carbons (Fsp3) is 0.125. The van der Waals surface area contributed by atoms with Crippen molar-refractivity contribution in [2.75, 3.05) is 0 Å². The van der Waals surface area contributed by atoms with Gasteiger partial charge in [-0.25, -0.2) is 4.39 Å². The number of halogens is 4. The molecule has 1 aromatic carbocycles. The van der Waals surface area contributed by atoms with Gasteiger partial charge < -0.3 is 0 Å². The van der Waals surface area contributed by atoms with Crippen molar-refractivity contribution in [1.29, 1.82) is 0 Å². The molecule has 0 radical (unpaired) electrons. The van der Waals surface area contributed by atoms with Crippen LogP contribution < -0.4 is 0 Å². The third-order valence-corrected chi connectivity index (χ3v) is 2.09. The van der Waals surface area contributed by atoms with Crippen molar-refractivity contribution in [3.63, 3.8) is 0 Å². The van der Waals surface area contributed by atoms with Crippen LogP contribution in [0.5, 0.6) is 0 Å². The van der Waals surface area contributed by atoms with Gasteiger partial charge in [0.1, 0.15) is 5.82 Å². The second-order valence-corrected chi connectivity index (χ2v) is 3.22. The first-order valence-corrected chi connectivity index (χ1v) is 4.06. The molecule has 0 heterocycles. The number of carbonyl (C=O) groups excluding carboxylic acids is 1. The van der Waals surface area contributed by atoms with Gasteiger partial charge in [0.2, 0.25) is 0 Å². The molecule has 0 spiro atoms. The van der Waals surface area contributed by atoms with Crippen molar-refractivity contribution < 1.29 is 18.0 Å². The van der Waals surface area contributed by atoms with Crippen LogP contribution in [0.4, 0.5) is 13.2 Å². The summed E-state index contributed by atoms with van der Waals surface area (Å²) < 4.78 is 37.9. The summed E-state index contributed by atoms with van der Waals surface area (Å²) in [5.74, 6) is -4.22. The number of hydrogen-bond donors (Lipinski definition) is 0. The third-order valence-electron chi connectivity index (χ3n) is 1.44. The zero-order valence-corrected chi connectivity index (χ0v) is 7.82. The van der Waals surface area contributed by atoms with Gasteiger partial charge in [-0.2, -0.15) is 8.78 Å². The molecule has 1 nitrogen and oxygen atoms in total. The molecule has 0 aliphatic heterocycles. The van der Waals surface area contributed by atoms with Crippen LogP contribution in [0.25, 0.3) is 0 Å². The van der Waals surface area contributed by atoms with Crippen molar-refractivity contribution in [1.82, 2.24) is 0 Å². The highest BCUT2D eigenvalue weighted by Gasteiger charge is 2.32. The summed E-state index contributed by atoms with van der Waals surface area (Å²) in [6.07, 6.45) is -0.481. The molecule has 0 aromatic heterocycles. The number of rotatable bonds is 2. The largest absolute Gasteiger partial charge is 0.328 e. The highest BCUT2D eigenvalue weighted by atomic mass is 79.9. The van der Waals surface area contributed by atoms with E-state index >= 15 is 0 Å². The van der Waals surface area contributed by atoms with Crippen LogP contribution in [0.1, 0.15) is 5.56 Å². The van der Waals surface area contributed by atoms with Gasteiger partial charge in [-0.05, 0) is 18.2 Å². The van der Waals surface area contributed by atoms with Gasteiger partial charge in [-0.15, -0.1) is 0 Å². The Morgan fingerprint density at radius 3 is 2.46 bits per heavy atom. The Balaban J connectivity index is 3.23. The van der Waals surface area contributed by atoms with E-state index in [2.05, 4.69) is 15.9 Å². The molecule has 0 amide bonds. The SMILES string of the molecule is O=CC(F)(F)c1ccc(F)cc1Br. The van der Waals surface area contributed by atoms with Gasteiger partial charge in [0, 0.05) is 10.0 Å². The van der Waals surface area contributed by atoms with Gasteiger partial charge in [0.15, 0.2) is 6.29 Å². The van der Waals surface area contributed by atoms with Crippen LogP contribution >= 0.6 is 15.9 Å². The van der Waals surface area contributed by atoms with Crippen molar-refractivity contribution in [3.05, 3.63) is 34.1 Å². The van der Waals surface area contributed by atoms with E-state index in [1.54, 1.807) is 0 Å². The summed E-state index contributed by atoms with van der Waals surface area (Å²) >= 11 is 2.74. The number of hydrogen-bond acceptors (Lipinski definition) is 1. The lowest BCUT2D eigenvalue weighted by molar-refractivity contribution is -0.130. The number of aldehydes is 1. The maximum atomic E-state index is 12.8. The molecule has 0 aliphatic carbocycles. The van der Waals surface area contributed by atoms with E-state index in [-0.39, 0.29) is 4.47 Å². The van der Waals surface area contributed by atoms with E-state index in [9.17, 15) is 18.0 Å². The summed E-state index contributed by atoms with van der Waals surface area (Å²) in [4.78, 5) is 10.00. The molecule has 1 rings (SSSR count). The third kappa shape index (κ3) is 2.09. The molecule has 0 N–H and O–H groups in total. The van der Waals surface area contributed by atoms with E-state index in [4.69, 9.17) is 0 Å². The standard InChI is InChI=1S/C8H4BrF3O/c9-7-3-5(10)1-2-6(7)8(11,12)4-13/h1-4H. The van der Waals surface area contributed by atoms with E-state index in [1.165, 1.54) is 0 Å². The number of carbonyl (C=O) groups is 1. The van der Waals surface area contributed by atoms with Gasteiger partial charge in [-0.3, -0.25) is 4.79 Å². The van der Waals surface area contributed by atoms with Crippen molar-refractivity contribution in [2.24, 2.45) is 0 Å². The highest BCUT2D eigenvalue weighted by molar-refractivity contribution is 9.10. The molecule has 0 aliphatic rings. The lowest BCUT2D eigenvalue weighted by Crippen LogP contribution is -2.15. The van der Waals surface area contributed by atoms with Crippen molar-refractivity contribution in [3.8, 4) is 0 Å². The average molecular weight is 253 g/mol. The Hall–Kier alpha value is -0.840. The Bertz CT molecular complexity index is 338. The van der Waals surface area contributed by atoms with Crippen molar-refractivity contribution >= 4 is 22.2 Å². The monoisotopic (exact) mass is 252 g/mol. The summed E-state index contributed by atoms with van der Waals surface area (Å²) in [5, 5.41) is 0. The Morgan fingerprint density at radius 1 is 1.38 bits per heavy atom. The molecule has 0 fully saturated rings. The molecule has 0 bridgehead atoms. The van der Waals surface area contributed by atoms with E-state index in [0.717, 1.165) is 18.2 Å². The highest BCUT2D eigenvalue weighted by Crippen LogP contribution is 2.31. The van der Waals surface area contributed by atoms with Crippen LogP contribution in [0.15, 0.2) is 22.7 Å². The summed E-state index contributed by atoms with van der Waals surface area (Å²) in [6, 6.07) is 2.62. The van der Waals surface area contributed by atoms with E-state index in [1.807, 2.05) is 0 Å². The summed E-state index contributed by atoms with van der Waals surface area (Å²) in [7, 11) is 0. The second-order valence-electron chi connectivity index (χ2n) is 2.36. The van der Waals surface area contributed by atoms with Gasteiger partial charge in [0.05, 0.1) is 0 Å². The fourth-order valence-electron chi connectivity index (χ4n) is 0.823. The number of alkyl halides is 2. The predicted octanol–water partition coefficient (Wildman–Crippen LogP) is 2.88. The Morgan fingerprint density at radius 2 is 2.00 bits per heavy atom. The molecule has 0 saturated heterocycles. The molecular weight excluding hydrogens is 249 g/mol. The molecule has 70 valence electrons. The summed E-state index contributed by atoms with van der Waals surface area (Å²) in [5.41, 5.74) is -0.538. The Labute approximate surface area is 80.7 Å². The average Bonchev–Trinajstić information content (AvgIpc) is 2.03. The zero-order valence-electron chi connectivity index (χ0n) is 6.23. The minimum Gasteiger partial charge on any atom is -0.296 e. The van der Waals surface area contributed by atoms with Gasteiger partial charge in [-0.1, -0.05) is 15.9 Å². The molecule has 13 heavy (non-hydrogen) atoms. The maximum absolute atomic E-state index is 12.8. The molecule has 0 saturated carbocycles. The molecule has 5 heteroatoms. The predicted molar refractivity (Wildman–Crippen MR) is 44.1 cm³/mol. The lowest BCUT2D eigenvalue weighted by Gasteiger charge is -2.10. The minimum absolute atomic E-state index is 0.121. The smallest absolute Gasteiger partial charge is 0.296 e. The maximum Gasteiger partial charge on any atom is 0.328 e. The lowest BCUT2D eigenvalue weighted by atomic mass is 10.1.